The predicted molar refractivity (Wildman–Crippen MR) is 45.9 cm³/mol. The third-order valence-corrected chi connectivity index (χ3v) is 1.93. The van der Waals surface area contributed by atoms with Gasteiger partial charge in [-0.2, -0.15) is 0 Å². The molecule has 0 fully saturated rings. The Morgan fingerprint density at radius 3 is 2.64 bits per heavy atom. The number of carbonyl (C=O) groups excluding carboxylic acids is 1. The number of ether oxygens (including phenoxy) is 1. The Morgan fingerprint density at radius 1 is 1.57 bits per heavy atom. The van der Waals surface area contributed by atoms with Gasteiger partial charge < -0.3 is 4.74 Å². The molecule has 0 radical (unpaired) electrons. The summed E-state index contributed by atoms with van der Waals surface area (Å²) in [6.07, 6.45) is -1.15. The number of aldehydes is 1. The van der Waals surface area contributed by atoms with Crippen molar-refractivity contribution in [1.82, 2.24) is 4.98 Å². The minimum Gasteiger partial charge on any atom is -0.480 e. The highest BCUT2D eigenvalue weighted by molar-refractivity contribution is 5.81. The van der Waals surface area contributed by atoms with E-state index in [2.05, 4.69) is 4.98 Å². The van der Waals surface area contributed by atoms with Crippen LogP contribution in [0, 0.1) is 6.92 Å². The highest BCUT2D eigenvalue weighted by atomic mass is 19.3. The molecule has 0 bridgehead atoms. The van der Waals surface area contributed by atoms with Crippen LogP contribution in [-0.4, -0.2) is 18.4 Å². The van der Waals surface area contributed by atoms with Crippen molar-refractivity contribution in [1.29, 1.82) is 0 Å². The van der Waals surface area contributed by atoms with Crippen LogP contribution in [-0.2, 0) is 0 Å². The summed E-state index contributed by atoms with van der Waals surface area (Å²) in [4.78, 5) is 14.2. The zero-order valence-corrected chi connectivity index (χ0v) is 7.75. The van der Waals surface area contributed by atoms with Crippen molar-refractivity contribution in [2.24, 2.45) is 0 Å². The molecule has 0 unspecified atom stereocenters. The van der Waals surface area contributed by atoms with E-state index in [9.17, 15) is 13.6 Å². The van der Waals surface area contributed by atoms with Crippen molar-refractivity contribution in [2.45, 2.75) is 13.3 Å². The van der Waals surface area contributed by atoms with Crippen LogP contribution >= 0.6 is 0 Å². The van der Waals surface area contributed by atoms with Gasteiger partial charge in [0, 0.05) is 11.8 Å². The molecule has 1 heterocycles. The number of aromatic nitrogens is 1. The molecule has 76 valence electrons. The average Bonchev–Trinajstić information content (AvgIpc) is 2.16. The Labute approximate surface area is 79.7 Å². The zero-order valence-electron chi connectivity index (χ0n) is 7.75. The van der Waals surface area contributed by atoms with Gasteiger partial charge in [-0.15, -0.1) is 0 Å². The lowest BCUT2D eigenvalue weighted by molar-refractivity contribution is 0.111. The molecule has 1 rings (SSSR count). The number of rotatable bonds is 3. The van der Waals surface area contributed by atoms with Gasteiger partial charge >= 0.3 is 0 Å². The van der Waals surface area contributed by atoms with Gasteiger partial charge in [-0.25, -0.2) is 13.8 Å². The van der Waals surface area contributed by atoms with Crippen LogP contribution in [0.2, 0.25) is 0 Å². The number of nitrogens with zero attached hydrogens (tertiary/aromatic N) is 1. The highest BCUT2D eigenvalue weighted by Crippen LogP contribution is 2.27. The van der Waals surface area contributed by atoms with Crippen molar-refractivity contribution >= 4 is 6.29 Å². The number of halogens is 2. The SMILES string of the molecule is COc1ncc(C(F)F)c(C)c1C=O. The van der Waals surface area contributed by atoms with Crippen LogP contribution in [0.1, 0.15) is 27.9 Å². The molecule has 0 atom stereocenters. The fourth-order valence-electron chi connectivity index (χ4n) is 1.13. The summed E-state index contributed by atoms with van der Waals surface area (Å²) in [6.45, 7) is 1.44. The summed E-state index contributed by atoms with van der Waals surface area (Å²) in [7, 11) is 1.33. The second-order valence-corrected chi connectivity index (χ2v) is 2.68. The lowest BCUT2D eigenvalue weighted by atomic mass is 10.1. The number of methoxy groups -OCH3 is 1. The maximum atomic E-state index is 12.4. The largest absolute Gasteiger partial charge is 0.480 e. The molecule has 1 aromatic heterocycles. The molecule has 0 aliphatic carbocycles. The molecule has 5 heteroatoms. The number of carbonyl (C=O) groups is 1. The molecule has 3 nitrogen and oxygen atoms in total. The first-order valence-corrected chi connectivity index (χ1v) is 3.88. The van der Waals surface area contributed by atoms with E-state index in [-0.39, 0.29) is 22.6 Å². The summed E-state index contributed by atoms with van der Waals surface area (Å²) in [5.74, 6) is 0.0712. The van der Waals surface area contributed by atoms with E-state index in [1.54, 1.807) is 0 Å². The lowest BCUT2D eigenvalue weighted by Crippen LogP contribution is -2.01. The van der Waals surface area contributed by atoms with E-state index in [1.807, 2.05) is 0 Å². The smallest absolute Gasteiger partial charge is 0.265 e. The van der Waals surface area contributed by atoms with E-state index in [0.717, 1.165) is 6.20 Å². The second kappa shape index (κ2) is 4.13. The lowest BCUT2D eigenvalue weighted by Gasteiger charge is -2.09. The van der Waals surface area contributed by atoms with Crippen LogP contribution in [0.25, 0.3) is 0 Å². The molecule has 0 saturated heterocycles. The van der Waals surface area contributed by atoms with Crippen LogP contribution in [0.4, 0.5) is 8.78 Å². The highest BCUT2D eigenvalue weighted by Gasteiger charge is 2.17. The Bertz CT molecular complexity index is 353. The fraction of sp³-hybridized carbons (Fsp3) is 0.333. The zero-order chi connectivity index (χ0) is 10.7. The maximum Gasteiger partial charge on any atom is 0.265 e. The summed E-state index contributed by atoms with van der Waals surface area (Å²) >= 11 is 0. The first kappa shape index (κ1) is 10.6. The van der Waals surface area contributed by atoms with Gasteiger partial charge in [-0.3, -0.25) is 4.79 Å². The number of hydrogen-bond donors (Lipinski definition) is 0. The van der Waals surface area contributed by atoms with Gasteiger partial charge in [-0.05, 0) is 12.5 Å². The number of pyridine rings is 1. The van der Waals surface area contributed by atoms with Crippen LogP contribution in [0.3, 0.4) is 0 Å². The quantitative estimate of drug-likeness (QED) is 0.703. The summed E-state index contributed by atoms with van der Waals surface area (Å²) in [5, 5.41) is 0. The third kappa shape index (κ3) is 1.71. The third-order valence-electron chi connectivity index (χ3n) is 1.93. The minimum absolute atomic E-state index is 0.0712. The van der Waals surface area contributed by atoms with Crippen molar-refractivity contribution in [2.75, 3.05) is 7.11 Å². The molecule has 0 saturated carbocycles. The van der Waals surface area contributed by atoms with Crippen molar-refractivity contribution in [3.8, 4) is 5.88 Å². The Balaban J connectivity index is 3.34. The van der Waals surface area contributed by atoms with E-state index in [4.69, 9.17) is 4.74 Å². The fourth-order valence-corrected chi connectivity index (χ4v) is 1.13. The van der Waals surface area contributed by atoms with E-state index in [0.29, 0.717) is 6.29 Å². The monoisotopic (exact) mass is 201 g/mol. The van der Waals surface area contributed by atoms with Crippen molar-refractivity contribution in [3.63, 3.8) is 0 Å². The van der Waals surface area contributed by atoms with Crippen LogP contribution < -0.4 is 4.74 Å². The van der Waals surface area contributed by atoms with E-state index in [1.165, 1.54) is 14.0 Å². The molecular weight excluding hydrogens is 192 g/mol. The van der Waals surface area contributed by atoms with Gasteiger partial charge in [0.05, 0.1) is 12.7 Å². The maximum absolute atomic E-state index is 12.4. The first-order chi connectivity index (χ1) is 6.61. The van der Waals surface area contributed by atoms with Crippen LogP contribution in [0.5, 0.6) is 5.88 Å². The standard InChI is InChI=1S/C9H9F2NO2/c1-5-6(8(10)11)3-12-9(14-2)7(5)4-13/h3-4,8H,1-2H3. The molecule has 0 aliphatic rings. The van der Waals surface area contributed by atoms with Gasteiger partial charge in [0.2, 0.25) is 5.88 Å². The minimum atomic E-state index is -2.63. The van der Waals surface area contributed by atoms with Gasteiger partial charge in [0.1, 0.15) is 0 Å². The predicted octanol–water partition coefficient (Wildman–Crippen LogP) is 2.15. The molecular formula is C9H9F2NO2. The van der Waals surface area contributed by atoms with E-state index < -0.39 is 6.43 Å². The molecule has 14 heavy (non-hydrogen) atoms. The van der Waals surface area contributed by atoms with Gasteiger partial charge in [0.15, 0.2) is 6.29 Å². The number of hydrogen-bond acceptors (Lipinski definition) is 3. The second-order valence-electron chi connectivity index (χ2n) is 2.68. The van der Waals surface area contributed by atoms with Gasteiger partial charge in [-0.1, -0.05) is 0 Å². The number of alkyl halides is 2. The normalized spacial score (nSPS) is 10.4. The molecule has 0 amide bonds. The molecule has 0 aliphatic heterocycles. The Hall–Kier alpha value is -1.52. The van der Waals surface area contributed by atoms with E-state index >= 15 is 0 Å². The van der Waals surface area contributed by atoms with Crippen molar-refractivity contribution in [3.05, 3.63) is 22.9 Å². The van der Waals surface area contributed by atoms with Crippen LogP contribution in [0.15, 0.2) is 6.20 Å². The first-order valence-electron chi connectivity index (χ1n) is 3.88. The topological polar surface area (TPSA) is 39.2 Å². The molecule has 0 spiro atoms. The summed E-state index contributed by atoms with van der Waals surface area (Å²) in [6, 6.07) is 0. The van der Waals surface area contributed by atoms with Gasteiger partial charge in [0.25, 0.3) is 6.43 Å². The summed E-state index contributed by atoms with van der Waals surface area (Å²) in [5.41, 5.74) is 0.0417. The molecule has 0 N–H and O–H groups in total. The summed E-state index contributed by atoms with van der Waals surface area (Å²) < 4.78 is 29.5. The average molecular weight is 201 g/mol. The Kier molecular flexibility index (Phi) is 3.11. The molecule has 1 aromatic rings. The van der Waals surface area contributed by atoms with Crippen molar-refractivity contribution < 1.29 is 18.3 Å². The Morgan fingerprint density at radius 2 is 2.21 bits per heavy atom. The molecule has 0 aromatic carbocycles.